The number of pyridine rings is 1. The highest BCUT2D eigenvalue weighted by molar-refractivity contribution is 7.89. The van der Waals surface area contributed by atoms with Crippen molar-refractivity contribution < 1.29 is 13.2 Å². The van der Waals surface area contributed by atoms with Crippen LogP contribution in [0.25, 0.3) is 6.08 Å². The predicted molar refractivity (Wildman–Crippen MR) is 133 cm³/mol. The van der Waals surface area contributed by atoms with Crippen LogP contribution in [0.2, 0.25) is 0 Å². The van der Waals surface area contributed by atoms with Gasteiger partial charge in [-0.25, -0.2) is 8.42 Å². The molecule has 2 aliphatic heterocycles. The maximum absolute atomic E-state index is 13.0. The molecule has 178 valence electrons. The van der Waals surface area contributed by atoms with E-state index in [0.29, 0.717) is 25.6 Å². The standard InChI is InChI=1S/C23H27ClN4O3S.ClH/c24-10-5-19-1-3-22(4-2-19)32(30,31)28-16-15-27(23(29)18-28)17-20-8-13-26(14-9-20)21-6-11-25-12-7-21;/h1-7,10-12,20H,8-9,13-18H2;1H/b10-5+;. The second-order valence-corrected chi connectivity index (χ2v) is 10.4. The normalized spacial score (nSPS) is 18.5. The number of benzene rings is 1. The number of piperazine rings is 1. The van der Waals surface area contributed by atoms with Crippen LogP contribution in [0.4, 0.5) is 5.69 Å². The summed E-state index contributed by atoms with van der Waals surface area (Å²) in [5.74, 6) is 0.306. The third kappa shape index (κ3) is 6.06. The average Bonchev–Trinajstić information content (AvgIpc) is 2.82. The molecule has 0 spiro atoms. The lowest BCUT2D eigenvalue weighted by molar-refractivity contribution is -0.134. The number of anilines is 1. The molecule has 7 nitrogen and oxygen atoms in total. The molecule has 0 saturated carbocycles. The molecule has 1 amide bonds. The van der Waals surface area contributed by atoms with Crippen molar-refractivity contribution in [2.75, 3.05) is 44.2 Å². The molecule has 3 heterocycles. The molecule has 0 unspecified atom stereocenters. The van der Waals surface area contributed by atoms with Gasteiger partial charge in [-0.05, 0) is 54.7 Å². The molecule has 4 rings (SSSR count). The lowest BCUT2D eigenvalue weighted by Gasteiger charge is -2.38. The van der Waals surface area contributed by atoms with Gasteiger partial charge in [-0.15, -0.1) is 12.4 Å². The van der Waals surface area contributed by atoms with Gasteiger partial charge >= 0.3 is 0 Å². The zero-order chi connectivity index (χ0) is 22.6. The van der Waals surface area contributed by atoms with E-state index in [-0.39, 0.29) is 29.8 Å². The van der Waals surface area contributed by atoms with Gasteiger partial charge < -0.3 is 9.80 Å². The summed E-state index contributed by atoms with van der Waals surface area (Å²) in [5.41, 5.74) is 3.37. The number of piperidine rings is 1. The minimum atomic E-state index is -3.70. The third-order valence-corrected chi connectivity index (χ3v) is 8.16. The number of carbonyl (C=O) groups is 1. The molecule has 2 fully saturated rings. The van der Waals surface area contributed by atoms with Crippen molar-refractivity contribution in [2.45, 2.75) is 17.7 Å². The quantitative estimate of drug-likeness (QED) is 0.594. The van der Waals surface area contributed by atoms with Crippen LogP contribution in [0.5, 0.6) is 0 Å². The summed E-state index contributed by atoms with van der Waals surface area (Å²) in [6.45, 7) is 3.22. The summed E-state index contributed by atoms with van der Waals surface area (Å²) in [5, 5.41) is 0. The van der Waals surface area contributed by atoms with E-state index in [1.54, 1.807) is 42.7 Å². The predicted octanol–water partition coefficient (Wildman–Crippen LogP) is 3.46. The van der Waals surface area contributed by atoms with Gasteiger partial charge in [0.25, 0.3) is 0 Å². The van der Waals surface area contributed by atoms with Crippen LogP contribution in [0.15, 0.2) is 59.2 Å². The molecular formula is C23H28Cl2N4O3S. The number of hydrogen-bond donors (Lipinski definition) is 0. The molecule has 2 saturated heterocycles. The van der Waals surface area contributed by atoms with Gasteiger partial charge in [-0.2, -0.15) is 4.31 Å². The van der Waals surface area contributed by atoms with Gasteiger partial charge in [0.15, 0.2) is 0 Å². The summed E-state index contributed by atoms with van der Waals surface area (Å²) >= 11 is 5.57. The lowest BCUT2D eigenvalue weighted by Crippen LogP contribution is -2.53. The highest BCUT2D eigenvalue weighted by Gasteiger charge is 2.34. The summed E-state index contributed by atoms with van der Waals surface area (Å²) < 4.78 is 27.2. The summed E-state index contributed by atoms with van der Waals surface area (Å²) in [7, 11) is -3.70. The molecule has 0 N–H and O–H groups in total. The molecule has 33 heavy (non-hydrogen) atoms. The molecule has 10 heteroatoms. The lowest BCUT2D eigenvalue weighted by atomic mass is 9.95. The molecule has 0 atom stereocenters. The van der Waals surface area contributed by atoms with E-state index in [1.165, 1.54) is 15.5 Å². The van der Waals surface area contributed by atoms with Gasteiger partial charge in [0.1, 0.15) is 0 Å². The largest absolute Gasteiger partial charge is 0.371 e. The van der Waals surface area contributed by atoms with E-state index in [4.69, 9.17) is 11.6 Å². The Morgan fingerprint density at radius 3 is 2.27 bits per heavy atom. The van der Waals surface area contributed by atoms with Gasteiger partial charge in [-0.1, -0.05) is 23.7 Å². The number of sulfonamides is 1. The first kappa shape index (κ1) is 25.5. The number of aromatic nitrogens is 1. The second-order valence-electron chi connectivity index (χ2n) is 8.18. The summed E-state index contributed by atoms with van der Waals surface area (Å²) in [6.07, 6.45) is 7.31. The van der Waals surface area contributed by atoms with Crippen LogP contribution < -0.4 is 4.90 Å². The van der Waals surface area contributed by atoms with Crippen LogP contribution in [0.3, 0.4) is 0 Å². The number of amides is 1. The van der Waals surface area contributed by atoms with Crippen molar-refractivity contribution in [2.24, 2.45) is 5.92 Å². The van der Waals surface area contributed by atoms with Gasteiger partial charge in [0.2, 0.25) is 15.9 Å². The minimum absolute atomic E-state index is 0. The average molecular weight is 511 g/mol. The zero-order valence-corrected chi connectivity index (χ0v) is 20.6. The maximum Gasteiger partial charge on any atom is 0.243 e. The van der Waals surface area contributed by atoms with Crippen LogP contribution in [-0.2, 0) is 14.8 Å². The molecule has 1 aromatic carbocycles. The molecule has 0 radical (unpaired) electrons. The molecular weight excluding hydrogens is 483 g/mol. The highest BCUT2D eigenvalue weighted by Crippen LogP contribution is 2.25. The minimum Gasteiger partial charge on any atom is -0.371 e. The fourth-order valence-corrected chi connectivity index (χ4v) is 5.82. The fraction of sp³-hybridized carbons (Fsp3) is 0.391. The number of nitrogens with zero attached hydrogens (tertiary/aromatic N) is 4. The fourth-order valence-electron chi connectivity index (χ4n) is 4.30. The molecule has 0 bridgehead atoms. The van der Waals surface area contributed by atoms with Gasteiger partial charge in [0.05, 0.1) is 11.4 Å². The Kier molecular flexibility index (Phi) is 8.75. The van der Waals surface area contributed by atoms with E-state index in [0.717, 1.165) is 31.5 Å². The topological polar surface area (TPSA) is 73.8 Å². The molecule has 2 aliphatic rings. The van der Waals surface area contributed by atoms with Crippen molar-refractivity contribution in [1.82, 2.24) is 14.2 Å². The van der Waals surface area contributed by atoms with Crippen molar-refractivity contribution in [3.8, 4) is 0 Å². The Morgan fingerprint density at radius 1 is 1.00 bits per heavy atom. The Bertz CT molecular complexity index is 1060. The molecule has 1 aromatic heterocycles. The Labute approximate surface area is 206 Å². The maximum atomic E-state index is 13.0. The van der Waals surface area contributed by atoms with E-state index < -0.39 is 10.0 Å². The smallest absolute Gasteiger partial charge is 0.243 e. The van der Waals surface area contributed by atoms with Gasteiger partial charge in [0, 0.05) is 56.3 Å². The van der Waals surface area contributed by atoms with E-state index in [1.807, 2.05) is 17.0 Å². The van der Waals surface area contributed by atoms with Crippen molar-refractivity contribution in [1.29, 1.82) is 0 Å². The number of carbonyl (C=O) groups excluding carboxylic acids is 1. The molecule has 0 aliphatic carbocycles. The monoisotopic (exact) mass is 510 g/mol. The summed E-state index contributed by atoms with van der Waals surface area (Å²) in [4.78, 5) is 21.2. The molecule has 2 aromatic rings. The van der Waals surface area contributed by atoms with Crippen molar-refractivity contribution >= 4 is 51.7 Å². The van der Waals surface area contributed by atoms with E-state index in [9.17, 15) is 13.2 Å². The first-order chi connectivity index (χ1) is 15.5. The van der Waals surface area contributed by atoms with Crippen LogP contribution in [0.1, 0.15) is 18.4 Å². The first-order valence-electron chi connectivity index (χ1n) is 10.8. The SMILES string of the molecule is Cl.O=C1CN(S(=O)(=O)c2ccc(/C=C/Cl)cc2)CCN1CC1CCN(c2ccncc2)CC1. The van der Waals surface area contributed by atoms with Crippen molar-refractivity contribution in [3.63, 3.8) is 0 Å². The Morgan fingerprint density at radius 2 is 1.67 bits per heavy atom. The third-order valence-electron chi connectivity index (χ3n) is 6.18. The second kappa shape index (κ2) is 11.3. The highest BCUT2D eigenvalue weighted by atomic mass is 35.5. The van der Waals surface area contributed by atoms with Crippen LogP contribution in [0, 0.1) is 5.92 Å². The van der Waals surface area contributed by atoms with Gasteiger partial charge in [-0.3, -0.25) is 9.78 Å². The van der Waals surface area contributed by atoms with Crippen LogP contribution >= 0.6 is 24.0 Å². The first-order valence-corrected chi connectivity index (χ1v) is 12.6. The summed E-state index contributed by atoms with van der Waals surface area (Å²) in [6, 6.07) is 10.5. The van der Waals surface area contributed by atoms with Crippen molar-refractivity contribution in [3.05, 3.63) is 59.9 Å². The number of rotatable bonds is 6. The zero-order valence-electron chi connectivity index (χ0n) is 18.2. The van der Waals surface area contributed by atoms with E-state index >= 15 is 0 Å². The van der Waals surface area contributed by atoms with Crippen LogP contribution in [-0.4, -0.2) is 67.8 Å². The number of hydrogen-bond acceptors (Lipinski definition) is 5. The Balaban J connectivity index is 0.00000306. The number of halogens is 2. The Hall–Kier alpha value is -2.13. The van der Waals surface area contributed by atoms with E-state index in [2.05, 4.69) is 9.88 Å².